The Balaban J connectivity index is 1.53. The van der Waals surface area contributed by atoms with Crippen molar-refractivity contribution >= 4 is 11.9 Å². The number of carbonyl (C=O) groups is 2. The summed E-state index contributed by atoms with van der Waals surface area (Å²) in [6.07, 6.45) is 5.05. The first-order valence-corrected chi connectivity index (χ1v) is 9.39. The Bertz CT molecular complexity index is 754. The van der Waals surface area contributed by atoms with Crippen LogP contribution in [-0.4, -0.2) is 32.5 Å². The summed E-state index contributed by atoms with van der Waals surface area (Å²) < 4.78 is 5.27. The van der Waals surface area contributed by atoms with Crippen LogP contribution in [0.4, 0.5) is 4.79 Å². The molecule has 3 amide bonds. The number of aromatic nitrogens is 2. The zero-order chi connectivity index (χ0) is 18.7. The standard InChI is InChI=1S/C18H27N5O3/c1-11-7-16(2,3)10-18(8-11)14(24)23(15(25)21-18)9-12-20-13(22-26-12)17(19)5-4-6-17/h11H,4-10,19H2,1-3H3,(H,21,25). The van der Waals surface area contributed by atoms with Crippen LogP contribution < -0.4 is 11.1 Å². The lowest BCUT2D eigenvalue weighted by atomic mass is 9.64. The number of nitrogens with zero attached hydrogens (tertiary/aromatic N) is 3. The zero-order valence-electron chi connectivity index (χ0n) is 15.7. The van der Waals surface area contributed by atoms with E-state index in [1.165, 1.54) is 4.90 Å². The summed E-state index contributed by atoms with van der Waals surface area (Å²) in [6, 6.07) is -0.384. The van der Waals surface area contributed by atoms with Crippen molar-refractivity contribution in [2.75, 3.05) is 0 Å². The molecule has 0 aromatic carbocycles. The van der Waals surface area contributed by atoms with Gasteiger partial charge in [-0.05, 0) is 49.9 Å². The molecule has 1 aromatic heterocycles. The van der Waals surface area contributed by atoms with Gasteiger partial charge in [-0.25, -0.2) is 4.79 Å². The SMILES string of the molecule is CC1CC(C)(C)CC2(C1)NC(=O)N(Cc1nc(C3(N)CCC3)no1)C2=O. The molecule has 4 rings (SSSR count). The van der Waals surface area contributed by atoms with Crippen LogP contribution in [0.3, 0.4) is 0 Å². The molecule has 3 fully saturated rings. The largest absolute Gasteiger partial charge is 0.337 e. The van der Waals surface area contributed by atoms with Crippen molar-refractivity contribution in [3.8, 4) is 0 Å². The first-order chi connectivity index (χ1) is 12.1. The molecule has 2 saturated carbocycles. The topological polar surface area (TPSA) is 114 Å². The predicted octanol–water partition coefficient (Wildman–Crippen LogP) is 2.04. The summed E-state index contributed by atoms with van der Waals surface area (Å²) in [6.45, 7) is 6.42. The van der Waals surface area contributed by atoms with E-state index in [1.54, 1.807) is 0 Å². The first-order valence-electron chi connectivity index (χ1n) is 9.39. The second-order valence-corrected chi connectivity index (χ2v) is 9.28. The summed E-state index contributed by atoms with van der Waals surface area (Å²) in [4.78, 5) is 31.2. The summed E-state index contributed by atoms with van der Waals surface area (Å²) in [5.41, 5.74) is 4.88. The number of imide groups is 1. The number of urea groups is 1. The molecular weight excluding hydrogens is 334 g/mol. The molecule has 3 aliphatic rings. The fourth-order valence-electron chi connectivity index (χ4n) is 5.09. The third kappa shape index (κ3) is 2.71. The molecule has 8 heteroatoms. The molecule has 2 aliphatic carbocycles. The maximum Gasteiger partial charge on any atom is 0.325 e. The van der Waals surface area contributed by atoms with Gasteiger partial charge >= 0.3 is 6.03 Å². The quantitative estimate of drug-likeness (QED) is 0.796. The van der Waals surface area contributed by atoms with E-state index in [9.17, 15) is 9.59 Å². The third-order valence-corrected chi connectivity index (χ3v) is 6.08. The van der Waals surface area contributed by atoms with E-state index >= 15 is 0 Å². The van der Waals surface area contributed by atoms with Crippen LogP contribution in [0.5, 0.6) is 0 Å². The van der Waals surface area contributed by atoms with Crippen molar-refractivity contribution in [1.29, 1.82) is 0 Å². The minimum atomic E-state index is -0.815. The van der Waals surface area contributed by atoms with Gasteiger partial charge < -0.3 is 15.6 Å². The van der Waals surface area contributed by atoms with Gasteiger partial charge in [-0.1, -0.05) is 25.9 Å². The number of nitrogens with one attached hydrogen (secondary N) is 1. The molecule has 26 heavy (non-hydrogen) atoms. The van der Waals surface area contributed by atoms with E-state index in [1.807, 2.05) is 0 Å². The lowest BCUT2D eigenvalue weighted by Crippen LogP contribution is -2.54. The van der Waals surface area contributed by atoms with Gasteiger partial charge in [0.05, 0.1) is 5.54 Å². The van der Waals surface area contributed by atoms with Crippen molar-refractivity contribution in [2.45, 2.75) is 76.9 Å². The highest BCUT2D eigenvalue weighted by Crippen LogP contribution is 2.46. The molecule has 2 atom stereocenters. The fourth-order valence-corrected chi connectivity index (χ4v) is 5.09. The lowest BCUT2D eigenvalue weighted by Gasteiger charge is -2.43. The Hall–Kier alpha value is -1.96. The number of hydrogen-bond donors (Lipinski definition) is 2. The molecule has 2 unspecified atom stereocenters. The van der Waals surface area contributed by atoms with E-state index in [0.717, 1.165) is 25.7 Å². The molecular formula is C18H27N5O3. The van der Waals surface area contributed by atoms with Crippen LogP contribution in [0.15, 0.2) is 4.52 Å². The average molecular weight is 361 g/mol. The summed E-state index contributed by atoms with van der Waals surface area (Å²) in [5, 5.41) is 6.92. The molecule has 2 heterocycles. The third-order valence-electron chi connectivity index (χ3n) is 6.08. The minimum Gasteiger partial charge on any atom is -0.337 e. The van der Waals surface area contributed by atoms with Crippen LogP contribution in [-0.2, 0) is 16.9 Å². The predicted molar refractivity (Wildman–Crippen MR) is 92.6 cm³/mol. The van der Waals surface area contributed by atoms with Crippen LogP contribution in [0.2, 0.25) is 0 Å². The van der Waals surface area contributed by atoms with Crippen molar-refractivity contribution < 1.29 is 14.1 Å². The molecule has 1 aliphatic heterocycles. The van der Waals surface area contributed by atoms with Crippen molar-refractivity contribution in [3.63, 3.8) is 0 Å². The average Bonchev–Trinajstić information content (AvgIpc) is 3.03. The van der Waals surface area contributed by atoms with Gasteiger partial charge in [0, 0.05) is 0 Å². The molecule has 0 radical (unpaired) electrons. The van der Waals surface area contributed by atoms with Crippen molar-refractivity contribution in [3.05, 3.63) is 11.7 Å². The lowest BCUT2D eigenvalue weighted by molar-refractivity contribution is -0.135. The molecule has 1 spiro atoms. The van der Waals surface area contributed by atoms with Gasteiger partial charge in [0.1, 0.15) is 12.1 Å². The molecule has 0 bridgehead atoms. The number of rotatable bonds is 3. The van der Waals surface area contributed by atoms with E-state index < -0.39 is 11.1 Å². The van der Waals surface area contributed by atoms with Crippen molar-refractivity contribution in [2.24, 2.45) is 17.1 Å². The second kappa shape index (κ2) is 5.52. The number of hydrogen-bond acceptors (Lipinski definition) is 6. The summed E-state index contributed by atoms with van der Waals surface area (Å²) in [7, 11) is 0. The van der Waals surface area contributed by atoms with Gasteiger partial charge in [0.2, 0.25) is 5.89 Å². The fraction of sp³-hybridized carbons (Fsp3) is 0.778. The molecule has 8 nitrogen and oxygen atoms in total. The Labute approximate surface area is 152 Å². The second-order valence-electron chi connectivity index (χ2n) is 9.28. The van der Waals surface area contributed by atoms with E-state index in [-0.39, 0.29) is 29.8 Å². The van der Waals surface area contributed by atoms with Gasteiger partial charge in [0.25, 0.3) is 5.91 Å². The highest BCUT2D eigenvalue weighted by molar-refractivity contribution is 6.07. The maximum absolute atomic E-state index is 13.1. The van der Waals surface area contributed by atoms with Crippen LogP contribution in [0.1, 0.15) is 71.0 Å². The van der Waals surface area contributed by atoms with E-state index in [2.05, 4.69) is 36.2 Å². The highest BCUT2D eigenvalue weighted by Gasteiger charge is 2.56. The Kier molecular flexibility index (Phi) is 3.70. The van der Waals surface area contributed by atoms with Crippen molar-refractivity contribution in [1.82, 2.24) is 20.4 Å². The van der Waals surface area contributed by atoms with Crippen LogP contribution in [0, 0.1) is 11.3 Å². The number of carbonyl (C=O) groups excluding carboxylic acids is 2. The first kappa shape index (κ1) is 17.5. The summed E-state index contributed by atoms with van der Waals surface area (Å²) in [5.74, 6) is 0.898. The van der Waals surface area contributed by atoms with Gasteiger partial charge in [-0.3, -0.25) is 9.69 Å². The maximum atomic E-state index is 13.1. The summed E-state index contributed by atoms with van der Waals surface area (Å²) >= 11 is 0. The van der Waals surface area contributed by atoms with E-state index in [4.69, 9.17) is 10.3 Å². The van der Waals surface area contributed by atoms with Gasteiger partial charge in [0.15, 0.2) is 5.82 Å². The van der Waals surface area contributed by atoms with Gasteiger partial charge in [-0.15, -0.1) is 0 Å². The zero-order valence-corrected chi connectivity index (χ0v) is 15.7. The molecule has 1 aromatic rings. The van der Waals surface area contributed by atoms with Gasteiger partial charge in [-0.2, -0.15) is 4.98 Å². The molecule has 1 saturated heterocycles. The smallest absolute Gasteiger partial charge is 0.325 e. The van der Waals surface area contributed by atoms with Crippen LogP contribution in [0.25, 0.3) is 0 Å². The molecule has 3 N–H and O–H groups in total. The van der Waals surface area contributed by atoms with E-state index in [0.29, 0.717) is 24.6 Å². The number of amides is 3. The van der Waals surface area contributed by atoms with Crippen LogP contribution >= 0.6 is 0 Å². The Morgan fingerprint density at radius 2 is 2.04 bits per heavy atom. The number of nitrogens with two attached hydrogens (primary N) is 1. The minimum absolute atomic E-state index is 0.00439. The highest BCUT2D eigenvalue weighted by atomic mass is 16.5. The normalized spacial score (nSPS) is 32.6. The Morgan fingerprint density at radius 3 is 2.65 bits per heavy atom. The molecule has 142 valence electrons. The Morgan fingerprint density at radius 1 is 1.31 bits per heavy atom. The monoisotopic (exact) mass is 361 g/mol.